The Hall–Kier alpha value is -1.47. The Balaban J connectivity index is 1.91. The van der Waals surface area contributed by atoms with Crippen LogP contribution in [0.25, 0.3) is 0 Å². The molecule has 2 rings (SSSR count). The molecule has 1 atom stereocenters. The van der Waals surface area contributed by atoms with E-state index in [4.69, 9.17) is 5.11 Å². The molecule has 0 spiro atoms. The zero-order valence-electron chi connectivity index (χ0n) is 12.3. The number of carbonyl (C=O) groups is 2. The number of amides is 1. The van der Waals surface area contributed by atoms with E-state index in [9.17, 15) is 14.0 Å². The highest BCUT2D eigenvalue weighted by Crippen LogP contribution is 2.18. The van der Waals surface area contributed by atoms with Crippen LogP contribution < -0.4 is 0 Å². The van der Waals surface area contributed by atoms with Gasteiger partial charge in [-0.15, -0.1) is 0 Å². The normalized spacial score (nSPS) is 17.3. The van der Waals surface area contributed by atoms with Crippen molar-refractivity contribution in [2.45, 2.75) is 13.5 Å². The van der Waals surface area contributed by atoms with Gasteiger partial charge >= 0.3 is 5.97 Å². The van der Waals surface area contributed by atoms with E-state index >= 15 is 0 Å². The van der Waals surface area contributed by atoms with Gasteiger partial charge in [0.05, 0.1) is 0 Å². The molecular formula is C15H18BrFN2O3. The van der Waals surface area contributed by atoms with Crippen LogP contribution in [0.5, 0.6) is 0 Å². The summed E-state index contributed by atoms with van der Waals surface area (Å²) in [5.74, 6) is -2.74. The number of hydrogen-bond donors (Lipinski definition) is 1. The minimum Gasteiger partial charge on any atom is -0.481 e. The highest BCUT2D eigenvalue weighted by molar-refractivity contribution is 9.10. The molecule has 1 fully saturated rings. The van der Waals surface area contributed by atoms with Gasteiger partial charge in [-0.05, 0) is 25.1 Å². The third-order valence-corrected chi connectivity index (χ3v) is 4.32. The summed E-state index contributed by atoms with van der Waals surface area (Å²) >= 11 is 3.33. The van der Waals surface area contributed by atoms with Crippen LogP contribution >= 0.6 is 15.9 Å². The molecule has 1 N–H and O–H groups in total. The van der Waals surface area contributed by atoms with E-state index in [1.165, 1.54) is 13.0 Å². The first-order chi connectivity index (χ1) is 10.4. The van der Waals surface area contributed by atoms with E-state index in [2.05, 4.69) is 20.8 Å². The Kier molecular flexibility index (Phi) is 5.52. The highest BCUT2D eigenvalue weighted by atomic mass is 79.9. The van der Waals surface area contributed by atoms with Crippen LogP contribution in [0.4, 0.5) is 4.39 Å². The van der Waals surface area contributed by atoms with Gasteiger partial charge in [-0.25, -0.2) is 4.39 Å². The Bertz CT molecular complexity index is 574. The van der Waals surface area contributed by atoms with E-state index in [0.717, 1.165) is 4.47 Å². The zero-order chi connectivity index (χ0) is 16.3. The third-order valence-electron chi connectivity index (χ3n) is 3.83. The number of carboxylic acids is 1. The van der Waals surface area contributed by atoms with Gasteiger partial charge in [0.15, 0.2) is 0 Å². The Morgan fingerprint density at radius 3 is 2.55 bits per heavy atom. The fourth-order valence-electron chi connectivity index (χ4n) is 2.41. The molecule has 1 aromatic rings. The summed E-state index contributed by atoms with van der Waals surface area (Å²) in [6.45, 7) is 4.00. The van der Waals surface area contributed by atoms with Crippen molar-refractivity contribution < 1.29 is 19.1 Å². The van der Waals surface area contributed by atoms with Crippen LogP contribution in [0, 0.1) is 11.7 Å². The standard InChI is InChI=1S/C15H18BrFN2O3/c1-10(15(21)22)14(20)19-6-4-18(5-7-19)9-11-8-12(16)2-3-13(11)17/h2-3,8,10H,4-7,9H2,1H3,(H,21,22). The van der Waals surface area contributed by atoms with Gasteiger partial charge in [0.2, 0.25) is 5.91 Å². The summed E-state index contributed by atoms with van der Waals surface area (Å²) in [5.41, 5.74) is 0.605. The lowest BCUT2D eigenvalue weighted by Gasteiger charge is -2.35. The van der Waals surface area contributed by atoms with Gasteiger partial charge in [0.25, 0.3) is 0 Å². The van der Waals surface area contributed by atoms with Gasteiger partial charge in [0, 0.05) is 42.8 Å². The van der Waals surface area contributed by atoms with E-state index < -0.39 is 11.9 Å². The molecule has 0 bridgehead atoms. The monoisotopic (exact) mass is 372 g/mol. The predicted octanol–water partition coefficient (Wildman–Crippen LogP) is 1.95. The minimum atomic E-state index is -1.11. The molecule has 1 amide bonds. The molecule has 1 heterocycles. The maximum Gasteiger partial charge on any atom is 0.315 e. The topological polar surface area (TPSA) is 60.9 Å². The van der Waals surface area contributed by atoms with Gasteiger partial charge in [-0.3, -0.25) is 14.5 Å². The highest BCUT2D eigenvalue weighted by Gasteiger charge is 2.28. The third kappa shape index (κ3) is 4.04. The van der Waals surface area contributed by atoms with Crippen molar-refractivity contribution in [3.05, 3.63) is 34.1 Å². The SMILES string of the molecule is CC(C(=O)O)C(=O)N1CCN(Cc2cc(Br)ccc2F)CC1. The molecule has 1 unspecified atom stereocenters. The number of benzene rings is 1. The number of carboxylic acid groups (broad SMARTS) is 1. The van der Waals surface area contributed by atoms with Crippen LogP contribution in [0.2, 0.25) is 0 Å². The average Bonchev–Trinajstić information content (AvgIpc) is 2.50. The van der Waals surface area contributed by atoms with Crippen molar-refractivity contribution >= 4 is 27.8 Å². The quantitative estimate of drug-likeness (QED) is 0.820. The molecule has 0 radical (unpaired) electrons. The van der Waals surface area contributed by atoms with Crippen molar-refractivity contribution in [3.63, 3.8) is 0 Å². The van der Waals surface area contributed by atoms with Crippen LogP contribution in [0.3, 0.4) is 0 Å². The van der Waals surface area contributed by atoms with Crippen molar-refractivity contribution in [1.82, 2.24) is 9.80 Å². The summed E-state index contributed by atoms with van der Waals surface area (Å²) in [6, 6.07) is 4.83. The first kappa shape index (κ1) is 16.9. The second kappa shape index (κ2) is 7.19. The summed E-state index contributed by atoms with van der Waals surface area (Å²) in [4.78, 5) is 26.4. The second-order valence-corrected chi connectivity index (χ2v) is 6.31. The summed E-state index contributed by atoms with van der Waals surface area (Å²) in [5, 5.41) is 8.88. The fraction of sp³-hybridized carbons (Fsp3) is 0.467. The molecule has 120 valence electrons. The molecule has 7 heteroatoms. The molecule has 1 aliphatic rings. The maximum atomic E-state index is 13.7. The van der Waals surface area contributed by atoms with E-state index in [1.54, 1.807) is 17.0 Å². The number of nitrogens with zero attached hydrogens (tertiary/aromatic N) is 2. The van der Waals surface area contributed by atoms with Gasteiger partial charge in [0.1, 0.15) is 11.7 Å². The van der Waals surface area contributed by atoms with Crippen LogP contribution in [-0.2, 0) is 16.1 Å². The second-order valence-electron chi connectivity index (χ2n) is 5.40. The number of hydrogen-bond acceptors (Lipinski definition) is 3. The molecule has 0 aromatic heterocycles. The Morgan fingerprint density at radius 1 is 1.32 bits per heavy atom. The first-order valence-electron chi connectivity index (χ1n) is 7.06. The molecule has 1 aliphatic heterocycles. The van der Waals surface area contributed by atoms with E-state index in [1.807, 2.05) is 0 Å². The molecule has 1 saturated heterocycles. The number of halogens is 2. The van der Waals surface area contributed by atoms with Crippen molar-refractivity contribution in [1.29, 1.82) is 0 Å². The molecule has 5 nitrogen and oxygen atoms in total. The minimum absolute atomic E-state index is 0.249. The summed E-state index contributed by atoms with van der Waals surface area (Å²) in [6.07, 6.45) is 0. The molecule has 1 aromatic carbocycles. The number of rotatable bonds is 4. The van der Waals surface area contributed by atoms with Crippen LogP contribution in [0.1, 0.15) is 12.5 Å². The summed E-state index contributed by atoms with van der Waals surface area (Å²) in [7, 11) is 0. The van der Waals surface area contributed by atoms with E-state index in [-0.39, 0.29) is 11.7 Å². The number of piperazine rings is 1. The van der Waals surface area contributed by atoms with Crippen molar-refractivity contribution in [2.24, 2.45) is 5.92 Å². The first-order valence-corrected chi connectivity index (χ1v) is 7.85. The number of aliphatic carboxylic acids is 1. The van der Waals surface area contributed by atoms with Gasteiger partial charge in [-0.2, -0.15) is 0 Å². The molecule has 0 aliphatic carbocycles. The smallest absolute Gasteiger partial charge is 0.315 e. The molecular weight excluding hydrogens is 355 g/mol. The Morgan fingerprint density at radius 2 is 1.95 bits per heavy atom. The van der Waals surface area contributed by atoms with Gasteiger partial charge in [-0.1, -0.05) is 15.9 Å². The lowest BCUT2D eigenvalue weighted by atomic mass is 10.1. The lowest BCUT2D eigenvalue weighted by molar-refractivity contribution is -0.151. The van der Waals surface area contributed by atoms with Crippen molar-refractivity contribution in [2.75, 3.05) is 26.2 Å². The maximum absolute atomic E-state index is 13.7. The van der Waals surface area contributed by atoms with Gasteiger partial charge < -0.3 is 10.0 Å². The molecule has 0 saturated carbocycles. The van der Waals surface area contributed by atoms with Crippen LogP contribution in [-0.4, -0.2) is 53.0 Å². The number of carbonyl (C=O) groups excluding carboxylic acids is 1. The average molecular weight is 373 g/mol. The summed E-state index contributed by atoms with van der Waals surface area (Å²) < 4.78 is 14.6. The molecule has 22 heavy (non-hydrogen) atoms. The largest absolute Gasteiger partial charge is 0.481 e. The Labute approximate surface area is 136 Å². The fourth-order valence-corrected chi connectivity index (χ4v) is 2.82. The van der Waals surface area contributed by atoms with Crippen LogP contribution in [0.15, 0.2) is 22.7 Å². The van der Waals surface area contributed by atoms with Crippen molar-refractivity contribution in [3.8, 4) is 0 Å². The lowest BCUT2D eigenvalue weighted by Crippen LogP contribution is -2.50. The predicted molar refractivity (Wildman–Crippen MR) is 82.8 cm³/mol. The zero-order valence-corrected chi connectivity index (χ0v) is 13.8. The van der Waals surface area contributed by atoms with E-state index in [0.29, 0.717) is 38.3 Å².